The highest BCUT2D eigenvalue weighted by Gasteiger charge is 2.34. The molecule has 1 aliphatic heterocycles. The summed E-state index contributed by atoms with van der Waals surface area (Å²) in [4.78, 5) is 25.5. The van der Waals surface area contributed by atoms with Crippen LogP contribution in [0.25, 0.3) is 5.82 Å². The number of hydrogen-bond acceptors (Lipinski definition) is 7. The maximum absolute atomic E-state index is 12.8. The molecule has 0 aromatic carbocycles. The van der Waals surface area contributed by atoms with Gasteiger partial charge >= 0.3 is 5.97 Å². The van der Waals surface area contributed by atoms with Crippen LogP contribution in [0.4, 0.5) is 0 Å². The van der Waals surface area contributed by atoms with Gasteiger partial charge in [-0.25, -0.2) is 9.48 Å². The molecule has 1 amide bonds. The first-order valence-corrected chi connectivity index (χ1v) is 8.16. The molecule has 10 nitrogen and oxygen atoms in total. The van der Waals surface area contributed by atoms with E-state index in [9.17, 15) is 14.7 Å². The zero-order valence-electron chi connectivity index (χ0n) is 14.5. The number of carboxylic acid groups (broad SMARTS) is 1. The molecule has 3 heterocycles. The summed E-state index contributed by atoms with van der Waals surface area (Å²) in [5.41, 5.74) is 0.859. The minimum absolute atomic E-state index is 0.0291. The molecule has 0 aliphatic carbocycles. The molecule has 0 bridgehead atoms. The van der Waals surface area contributed by atoms with Crippen molar-refractivity contribution in [1.82, 2.24) is 24.9 Å². The average Bonchev–Trinajstić information content (AvgIpc) is 3.03. The van der Waals surface area contributed by atoms with E-state index in [0.717, 1.165) is 0 Å². The van der Waals surface area contributed by atoms with Crippen molar-refractivity contribution in [2.45, 2.75) is 19.9 Å². The summed E-state index contributed by atoms with van der Waals surface area (Å²) < 4.78 is 11.9. The van der Waals surface area contributed by atoms with Crippen molar-refractivity contribution in [3.63, 3.8) is 0 Å². The number of carboxylic acids is 1. The van der Waals surface area contributed by atoms with E-state index in [1.54, 1.807) is 19.1 Å². The minimum atomic E-state index is -1.10. The van der Waals surface area contributed by atoms with Gasteiger partial charge < -0.3 is 19.5 Å². The minimum Gasteiger partial charge on any atom is -0.480 e. The zero-order chi connectivity index (χ0) is 18.7. The van der Waals surface area contributed by atoms with E-state index in [2.05, 4.69) is 15.3 Å². The molecule has 3 rings (SSSR count). The van der Waals surface area contributed by atoms with Crippen LogP contribution in [0.15, 0.2) is 18.3 Å². The van der Waals surface area contributed by atoms with Crippen LogP contribution in [0.3, 0.4) is 0 Å². The number of carbonyl (C=O) groups excluding carboxylic acids is 1. The fourth-order valence-corrected chi connectivity index (χ4v) is 2.71. The van der Waals surface area contributed by atoms with E-state index in [-0.39, 0.29) is 13.2 Å². The van der Waals surface area contributed by atoms with Crippen LogP contribution < -0.4 is 4.74 Å². The third-order valence-electron chi connectivity index (χ3n) is 4.05. The summed E-state index contributed by atoms with van der Waals surface area (Å²) in [6.07, 6.45) is 1.41. The van der Waals surface area contributed by atoms with Crippen molar-refractivity contribution in [3.05, 3.63) is 29.6 Å². The van der Waals surface area contributed by atoms with Crippen molar-refractivity contribution in [1.29, 1.82) is 0 Å². The Labute approximate surface area is 149 Å². The number of morpholine rings is 1. The largest absolute Gasteiger partial charge is 0.480 e. The zero-order valence-corrected chi connectivity index (χ0v) is 14.5. The normalized spacial score (nSPS) is 17.2. The summed E-state index contributed by atoms with van der Waals surface area (Å²) in [7, 11) is 0. The Hall–Kier alpha value is -3.01. The quantitative estimate of drug-likeness (QED) is 0.807. The summed E-state index contributed by atoms with van der Waals surface area (Å²) in [5.74, 6) is -0.666. The van der Waals surface area contributed by atoms with Gasteiger partial charge in [0.05, 0.1) is 37.3 Å². The molecule has 26 heavy (non-hydrogen) atoms. The van der Waals surface area contributed by atoms with Crippen molar-refractivity contribution in [3.8, 4) is 11.7 Å². The standard InChI is InChI=1S/C16H19N5O5/c1-3-26-14-5-4-13(18-19-14)21-10(2)11(8-17-21)15(22)20-6-7-25-9-12(20)16(23)24/h4-5,8,12H,3,6-7,9H2,1-2H3,(H,23,24)/t12-/m1/s1. The molecule has 1 atom stereocenters. The molecule has 10 heteroatoms. The number of ether oxygens (including phenoxy) is 2. The van der Waals surface area contributed by atoms with Crippen LogP contribution in [0.2, 0.25) is 0 Å². The molecule has 0 spiro atoms. The molecular weight excluding hydrogens is 342 g/mol. The maximum atomic E-state index is 12.8. The topological polar surface area (TPSA) is 120 Å². The summed E-state index contributed by atoms with van der Waals surface area (Å²) in [6.45, 7) is 4.53. The summed E-state index contributed by atoms with van der Waals surface area (Å²) in [6, 6.07) is 2.34. The Morgan fingerprint density at radius 1 is 1.38 bits per heavy atom. The number of hydrogen-bond donors (Lipinski definition) is 1. The SMILES string of the molecule is CCOc1ccc(-n2ncc(C(=O)N3CCOC[C@@H]3C(=O)O)c2C)nn1. The highest BCUT2D eigenvalue weighted by molar-refractivity contribution is 5.97. The van der Waals surface area contributed by atoms with Crippen LogP contribution in [0.1, 0.15) is 23.0 Å². The Morgan fingerprint density at radius 2 is 2.19 bits per heavy atom. The Balaban J connectivity index is 1.86. The predicted molar refractivity (Wildman–Crippen MR) is 88.3 cm³/mol. The molecule has 0 saturated carbocycles. The van der Waals surface area contributed by atoms with Crippen LogP contribution in [0, 0.1) is 6.92 Å². The highest BCUT2D eigenvalue weighted by atomic mass is 16.5. The van der Waals surface area contributed by atoms with Gasteiger partial charge in [0, 0.05) is 12.6 Å². The predicted octanol–water partition coefficient (Wildman–Crippen LogP) is 0.295. The Kier molecular flexibility index (Phi) is 5.12. The third kappa shape index (κ3) is 3.36. The highest BCUT2D eigenvalue weighted by Crippen LogP contribution is 2.18. The van der Waals surface area contributed by atoms with Gasteiger partial charge in [-0.1, -0.05) is 0 Å². The van der Waals surface area contributed by atoms with Gasteiger partial charge in [-0.2, -0.15) is 5.10 Å². The van der Waals surface area contributed by atoms with Gasteiger partial charge in [0.25, 0.3) is 5.91 Å². The van der Waals surface area contributed by atoms with Crippen molar-refractivity contribution in [2.24, 2.45) is 0 Å². The first-order valence-electron chi connectivity index (χ1n) is 8.16. The first kappa shape index (κ1) is 17.8. The van der Waals surface area contributed by atoms with Gasteiger partial charge in [-0.05, 0) is 19.9 Å². The summed E-state index contributed by atoms with van der Waals surface area (Å²) in [5, 5.41) is 21.5. The molecule has 1 N–H and O–H groups in total. The lowest BCUT2D eigenvalue weighted by molar-refractivity contribution is -0.147. The van der Waals surface area contributed by atoms with Gasteiger partial charge in [0.15, 0.2) is 11.9 Å². The van der Waals surface area contributed by atoms with Crippen LogP contribution in [-0.4, -0.2) is 74.3 Å². The van der Waals surface area contributed by atoms with E-state index in [4.69, 9.17) is 9.47 Å². The number of aliphatic carboxylic acids is 1. The molecule has 2 aromatic heterocycles. The number of rotatable bonds is 5. The third-order valence-corrected chi connectivity index (χ3v) is 4.05. The van der Waals surface area contributed by atoms with Gasteiger partial charge in [-0.15, -0.1) is 10.2 Å². The number of amides is 1. The van der Waals surface area contributed by atoms with Gasteiger partial charge in [0.2, 0.25) is 5.88 Å². The van der Waals surface area contributed by atoms with Crippen molar-refractivity contribution in [2.75, 3.05) is 26.4 Å². The maximum Gasteiger partial charge on any atom is 0.328 e. The lowest BCUT2D eigenvalue weighted by Gasteiger charge is -2.32. The Bertz CT molecular complexity index is 804. The molecule has 1 aliphatic rings. The van der Waals surface area contributed by atoms with Crippen LogP contribution >= 0.6 is 0 Å². The number of aromatic nitrogens is 4. The smallest absolute Gasteiger partial charge is 0.328 e. The van der Waals surface area contributed by atoms with E-state index in [0.29, 0.717) is 36.2 Å². The summed E-state index contributed by atoms with van der Waals surface area (Å²) >= 11 is 0. The number of carbonyl (C=O) groups is 2. The monoisotopic (exact) mass is 361 g/mol. The van der Waals surface area contributed by atoms with E-state index < -0.39 is 17.9 Å². The molecule has 1 saturated heterocycles. The number of nitrogens with zero attached hydrogens (tertiary/aromatic N) is 5. The second kappa shape index (κ2) is 7.48. The average molecular weight is 361 g/mol. The fraction of sp³-hybridized carbons (Fsp3) is 0.438. The molecule has 1 fully saturated rings. The first-order chi connectivity index (χ1) is 12.5. The van der Waals surface area contributed by atoms with Gasteiger partial charge in [-0.3, -0.25) is 4.79 Å². The van der Waals surface area contributed by atoms with E-state index >= 15 is 0 Å². The van der Waals surface area contributed by atoms with E-state index in [1.165, 1.54) is 15.8 Å². The van der Waals surface area contributed by atoms with Crippen molar-refractivity contribution >= 4 is 11.9 Å². The molecule has 2 aromatic rings. The van der Waals surface area contributed by atoms with Crippen LogP contribution in [0.5, 0.6) is 5.88 Å². The van der Waals surface area contributed by atoms with E-state index in [1.807, 2.05) is 6.92 Å². The van der Waals surface area contributed by atoms with Crippen LogP contribution in [-0.2, 0) is 9.53 Å². The molecule has 138 valence electrons. The fourth-order valence-electron chi connectivity index (χ4n) is 2.71. The lowest BCUT2D eigenvalue weighted by atomic mass is 10.1. The van der Waals surface area contributed by atoms with Gasteiger partial charge in [0.1, 0.15) is 0 Å². The second-order valence-corrected chi connectivity index (χ2v) is 5.65. The molecule has 0 radical (unpaired) electrons. The molecular formula is C16H19N5O5. The lowest BCUT2D eigenvalue weighted by Crippen LogP contribution is -2.52. The molecule has 0 unspecified atom stereocenters. The Morgan fingerprint density at radius 3 is 2.85 bits per heavy atom. The van der Waals surface area contributed by atoms with Crippen molar-refractivity contribution < 1.29 is 24.2 Å². The second-order valence-electron chi connectivity index (χ2n) is 5.65.